The lowest BCUT2D eigenvalue weighted by Gasteiger charge is -2.14. The van der Waals surface area contributed by atoms with Crippen LogP contribution in [0, 0.1) is 22.7 Å². The molecule has 0 saturated heterocycles. The number of nitrogens with one attached hydrogen (secondary N) is 1. The van der Waals surface area contributed by atoms with E-state index < -0.39 is 0 Å². The summed E-state index contributed by atoms with van der Waals surface area (Å²) in [7, 11) is 0. The molecule has 0 saturated carbocycles. The van der Waals surface area contributed by atoms with E-state index in [-0.39, 0.29) is 16.9 Å². The van der Waals surface area contributed by atoms with Gasteiger partial charge in [0.25, 0.3) is 0 Å². The Morgan fingerprint density at radius 3 is 2.09 bits per heavy atom. The summed E-state index contributed by atoms with van der Waals surface area (Å²) in [4.78, 5) is 0. The van der Waals surface area contributed by atoms with Gasteiger partial charge in [-0.15, -0.1) is 0 Å². The molecule has 0 aliphatic rings. The number of phenols is 1. The highest BCUT2D eigenvalue weighted by molar-refractivity contribution is 6.30. The van der Waals surface area contributed by atoms with Crippen LogP contribution in [-0.4, -0.2) is 5.11 Å². The van der Waals surface area contributed by atoms with Crippen molar-refractivity contribution in [1.29, 1.82) is 10.5 Å². The minimum atomic E-state index is -0.179. The predicted molar refractivity (Wildman–Crippen MR) is 89.8 cm³/mol. The fourth-order valence-corrected chi connectivity index (χ4v) is 2.57. The highest BCUT2D eigenvalue weighted by atomic mass is 35.5. The van der Waals surface area contributed by atoms with Crippen LogP contribution in [-0.2, 0) is 0 Å². The second-order valence-corrected chi connectivity index (χ2v) is 5.31. The normalized spacial score (nSPS) is 10.0. The van der Waals surface area contributed by atoms with E-state index in [0.717, 1.165) is 5.69 Å². The number of nitriles is 2. The molecule has 3 rings (SSSR count). The monoisotopic (exact) mass is 319 g/mol. The number of nitrogens with zero attached hydrogens (tertiary/aromatic N) is 2. The number of anilines is 2. The summed E-state index contributed by atoms with van der Waals surface area (Å²) in [6.07, 6.45) is 0. The van der Waals surface area contributed by atoms with Crippen LogP contribution in [0.15, 0.2) is 48.5 Å². The zero-order valence-corrected chi connectivity index (χ0v) is 12.6. The predicted octanol–water partition coefficient (Wildman–Crippen LogP) is 4.69. The van der Waals surface area contributed by atoms with Gasteiger partial charge in [-0.25, -0.2) is 0 Å². The maximum absolute atomic E-state index is 10.3. The van der Waals surface area contributed by atoms with Gasteiger partial charge in [-0.05, 0) is 24.3 Å². The van der Waals surface area contributed by atoms with Crippen LogP contribution >= 0.6 is 11.6 Å². The van der Waals surface area contributed by atoms with Crippen molar-refractivity contribution in [2.24, 2.45) is 0 Å². The Labute approximate surface area is 137 Å². The summed E-state index contributed by atoms with van der Waals surface area (Å²) < 4.78 is 0. The molecule has 0 unspecified atom stereocenters. The van der Waals surface area contributed by atoms with Crippen molar-refractivity contribution in [3.05, 3.63) is 64.7 Å². The summed E-state index contributed by atoms with van der Waals surface area (Å²) in [6.45, 7) is 0. The standard InChI is InChI=1S/C18H10ClN3O/c19-11-5-7-12(8-6-11)22-17-13-3-1-2-4-14(13)18(23)16(10-21)15(17)9-20/h1-8,22-23H. The zero-order chi connectivity index (χ0) is 16.4. The van der Waals surface area contributed by atoms with E-state index in [1.54, 1.807) is 42.5 Å². The molecule has 0 aliphatic carbocycles. The minimum absolute atomic E-state index is 0.0392. The molecule has 0 spiro atoms. The molecule has 0 aliphatic heterocycles. The summed E-state index contributed by atoms with van der Waals surface area (Å²) in [5.41, 5.74) is 1.28. The van der Waals surface area contributed by atoms with Crippen LogP contribution in [0.5, 0.6) is 5.75 Å². The Morgan fingerprint density at radius 1 is 0.870 bits per heavy atom. The lowest BCUT2D eigenvalue weighted by Crippen LogP contribution is -1.98. The number of aromatic hydroxyl groups is 1. The minimum Gasteiger partial charge on any atom is -0.506 e. The Morgan fingerprint density at radius 2 is 1.48 bits per heavy atom. The number of rotatable bonds is 2. The first-order chi connectivity index (χ1) is 11.2. The number of hydrogen-bond acceptors (Lipinski definition) is 4. The molecule has 0 fully saturated rings. The van der Waals surface area contributed by atoms with Gasteiger partial charge in [-0.3, -0.25) is 0 Å². The van der Waals surface area contributed by atoms with Crippen LogP contribution in [0.3, 0.4) is 0 Å². The highest BCUT2D eigenvalue weighted by Crippen LogP contribution is 2.39. The fraction of sp³-hybridized carbons (Fsp3) is 0. The van der Waals surface area contributed by atoms with E-state index >= 15 is 0 Å². The zero-order valence-electron chi connectivity index (χ0n) is 11.8. The van der Waals surface area contributed by atoms with Gasteiger partial charge < -0.3 is 10.4 Å². The van der Waals surface area contributed by atoms with Crippen molar-refractivity contribution >= 4 is 33.7 Å². The summed E-state index contributed by atoms with van der Waals surface area (Å²) in [5.74, 6) is -0.179. The molecule has 0 aromatic heterocycles. The van der Waals surface area contributed by atoms with Gasteiger partial charge in [-0.1, -0.05) is 35.9 Å². The molecule has 0 amide bonds. The second kappa shape index (κ2) is 5.88. The lowest BCUT2D eigenvalue weighted by atomic mass is 9.97. The van der Waals surface area contributed by atoms with Gasteiger partial charge in [0.2, 0.25) is 0 Å². The van der Waals surface area contributed by atoms with Crippen molar-refractivity contribution in [3.8, 4) is 17.9 Å². The van der Waals surface area contributed by atoms with Crippen molar-refractivity contribution in [1.82, 2.24) is 0 Å². The molecule has 0 radical (unpaired) electrons. The average molecular weight is 320 g/mol. The maximum atomic E-state index is 10.3. The Balaban J connectivity index is 2.30. The Bertz CT molecular complexity index is 982. The first kappa shape index (κ1) is 14.7. The van der Waals surface area contributed by atoms with E-state index in [4.69, 9.17) is 11.6 Å². The lowest BCUT2D eigenvalue weighted by molar-refractivity contribution is 0.480. The molecule has 23 heavy (non-hydrogen) atoms. The molecule has 3 aromatic rings. The number of halogens is 1. The van der Waals surface area contributed by atoms with E-state index in [9.17, 15) is 15.6 Å². The largest absolute Gasteiger partial charge is 0.506 e. The number of fused-ring (bicyclic) bond motifs is 1. The van der Waals surface area contributed by atoms with Gasteiger partial charge in [0.1, 0.15) is 23.5 Å². The van der Waals surface area contributed by atoms with Crippen molar-refractivity contribution in [2.45, 2.75) is 0 Å². The molecule has 5 heteroatoms. The third kappa shape index (κ3) is 2.53. The molecule has 0 bridgehead atoms. The highest BCUT2D eigenvalue weighted by Gasteiger charge is 2.19. The number of hydrogen-bond donors (Lipinski definition) is 2. The fourth-order valence-electron chi connectivity index (χ4n) is 2.45. The Kier molecular flexibility index (Phi) is 3.76. The van der Waals surface area contributed by atoms with Gasteiger partial charge >= 0.3 is 0 Å². The molecule has 4 nitrogen and oxygen atoms in total. The summed E-state index contributed by atoms with van der Waals surface area (Å²) in [5, 5.41) is 34.0. The van der Waals surface area contributed by atoms with Gasteiger partial charge in [0, 0.05) is 21.5 Å². The third-order valence-electron chi connectivity index (χ3n) is 3.53. The van der Waals surface area contributed by atoms with Crippen LogP contribution in [0.4, 0.5) is 11.4 Å². The molecule has 3 aromatic carbocycles. The van der Waals surface area contributed by atoms with Crippen molar-refractivity contribution in [2.75, 3.05) is 5.32 Å². The molecular formula is C18H10ClN3O. The van der Waals surface area contributed by atoms with Crippen LogP contribution < -0.4 is 5.32 Å². The molecule has 0 atom stereocenters. The first-order valence-corrected chi connectivity index (χ1v) is 7.14. The van der Waals surface area contributed by atoms with Crippen LogP contribution in [0.2, 0.25) is 5.02 Å². The van der Waals surface area contributed by atoms with Gasteiger partial charge in [-0.2, -0.15) is 10.5 Å². The van der Waals surface area contributed by atoms with E-state index in [0.29, 0.717) is 21.5 Å². The average Bonchev–Trinajstić information content (AvgIpc) is 2.58. The molecular weight excluding hydrogens is 310 g/mol. The maximum Gasteiger partial charge on any atom is 0.142 e. The number of benzene rings is 3. The topological polar surface area (TPSA) is 79.8 Å². The molecule has 0 heterocycles. The third-order valence-corrected chi connectivity index (χ3v) is 3.78. The van der Waals surface area contributed by atoms with Crippen molar-refractivity contribution in [3.63, 3.8) is 0 Å². The van der Waals surface area contributed by atoms with Crippen LogP contribution in [0.1, 0.15) is 11.1 Å². The molecule has 2 N–H and O–H groups in total. The SMILES string of the molecule is N#Cc1c(C#N)c(Nc2ccc(Cl)cc2)c2ccccc2c1O. The summed E-state index contributed by atoms with van der Waals surface area (Å²) >= 11 is 5.88. The number of phenolic OH excluding ortho intramolecular Hbond substituents is 1. The first-order valence-electron chi connectivity index (χ1n) is 6.76. The summed E-state index contributed by atoms with van der Waals surface area (Å²) in [6, 6.07) is 18.0. The van der Waals surface area contributed by atoms with E-state index in [1.165, 1.54) is 0 Å². The molecule has 110 valence electrons. The quantitative estimate of drug-likeness (QED) is 0.672. The second-order valence-electron chi connectivity index (χ2n) is 4.87. The van der Waals surface area contributed by atoms with E-state index in [2.05, 4.69) is 5.32 Å². The van der Waals surface area contributed by atoms with Crippen LogP contribution in [0.25, 0.3) is 10.8 Å². The van der Waals surface area contributed by atoms with E-state index in [1.807, 2.05) is 18.2 Å². The smallest absolute Gasteiger partial charge is 0.142 e. The van der Waals surface area contributed by atoms with Crippen molar-refractivity contribution < 1.29 is 5.11 Å². The van der Waals surface area contributed by atoms with Gasteiger partial charge in [0.05, 0.1) is 11.3 Å². The Hall–Kier alpha value is -3.21. The van der Waals surface area contributed by atoms with Gasteiger partial charge in [0.15, 0.2) is 0 Å².